The van der Waals surface area contributed by atoms with Crippen molar-refractivity contribution in [1.29, 1.82) is 5.26 Å². The lowest BCUT2D eigenvalue weighted by Gasteiger charge is -2.30. The zero-order valence-electron chi connectivity index (χ0n) is 10.4. The fourth-order valence-electron chi connectivity index (χ4n) is 2.38. The monoisotopic (exact) mass is 279 g/mol. The van der Waals surface area contributed by atoms with E-state index >= 15 is 0 Å². The maximum absolute atomic E-state index is 10.9. The van der Waals surface area contributed by atoms with Crippen molar-refractivity contribution in [3.8, 4) is 6.07 Å². The Morgan fingerprint density at radius 2 is 2.05 bits per heavy atom. The molecule has 19 heavy (non-hydrogen) atoms. The zero-order chi connectivity index (χ0) is 13.8. The van der Waals surface area contributed by atoms with Gasteiger partial charge in [0.1, 0.15) is 11.1 Å². The molecule has 6 heteroatoms. The second-order valence-electron chi connectivity index (χ2n) is 4.60. The lowest BCUT2D eigenvalue weighted by molar-refractivity contribution is -0.384. The molecule has 0 aliphatic carbocycles. The lowest BCUT2D eigenvalue weighted by Crippen LogP contribution is -2.33. The van der Waals surface area contributed by atoms with Gasteiger partial charge in [-0.25, -0.2) is 0 Å². The van der Waals surface area contributed by atoms with Crippen molar-refractivity contribution < 1.29 is 4.92 Å². The SMILES string of the molecule is N#CC(c1ccc(Cl)c([N+](=O)[O-])c1)N1CCCCC1. The highest BCUT2D eigenvalue weighted by atomic mass is 35.5. The number of hydrogen-bond acceptors (Lipinski definition) is 4. The summed E-state index contributed by atoms with van der Waals surface area (Å²) in [6.45, 7) is 1.71. The summed E-state index contributed by atoms with van der Waals surface area (Å²) in [4.78, 5) is 12.4. The van der Waals surface area contributed by atoms with Crippen LogP contribution in [0.5, 0.6) is 0 Å². The average Bonchev–Trinajstić information content (AvgIpc) is 2.42. The first-order chi connectivity index (χ1) is 9.13. The third kappa shape index (κ3) is 3.03. The van der Waals surface area contributed by atoms with Crippen LogP contribution in [-0.4, -0.2) is 22.9 Å². The minimum Gasteiger partial charge on any atom is -0.284 e. The smallest absolute Gasteiger partial charge is 0.284 e. The molecule has 1 aliphatic heterocycles. The molecule has 1 saturated heterocycles. The molecule has 0 saturated carbocycles. The predicted octanol–water partition coefficient (Wildman–Crippen LogP) is 3.30. The largest absolute Gasteiger partial charge is 0.288 e. The van der Waals surface area contributed by atoms with Gasteiger partial charge >= 0.3 is 0 Å². The molecule has 2 rings (SSSR count). The molecule has 0 radical (unpaired) electrons. The first kappa shape index (κ1) is 13.8. The van der Waals surface area contributed by atoms with Crippen LogP contribution in [0.3, 0.4) is 0 Å². The molecule has 1 aromatic carbocycles. The highest BCUT2D eigenvalue weighted by Gasteiger charge is 2.24. The van der Waals surface area contributed by atoms with Gasteiger partial charge in [-0.05, 0) is 37.6 Å². The van der Waals surface area contributed by atoms with Gasteiger partial charge in [0.2, 0.25) is 0 Å². The van der Waals surface area contributed by atoms with Gasteiger partial charge in [-0.2, -0.15) is 5.26 Å². The van der Waals surface area contributed by atoms with Gasteiger partial charge in [0.05, 0.1) is 11.0 Å². The van der Waals surface area contributed by atoms with Gasteiger partial charge < -0.3 is 0 Å². The van der Waals surface area contributed by atoms with Crippen LogP contribution in [0.1, 0.15) is 30.9 Å². The fraction of sp³-hybridized carbons (Fsp3) is 0.462. The number of likely N-dealkylation sites (tertiary alicyclic amines) is 1. The van der Waals surface area contributed by atoms with Crippen molar-refractivity contribution in [2.45, 2.75) is 25.3 Å². The van der Waals surface area contributed by atoms with Gasteiger partial charge in [0.25, 0.3) is 5.69 Å². The summed E-state index contributed by atoms with van der Waals surface area (Å²) in [5, 5.41) is 20.3. The summed E-state index contributed by atoms with van der Waals surface area (Å²) in [6.07, 6.45) is 3.30. The Balaban J connectivity index is 2.30. The highest BCUT2D eigenvalue weighted by molar-refractivity contribution is 6.32. The van der Waals surface area contributed by atoms with Crippen LogP contribution < -0.4 is 0 Å². The van der Waals surface area contributed by atoms with Gasteiger partial charge in [-0.15, -0.1) is 0 Å². The Morgan fingerprint density at radius 3 is 2.63 bits per heavy atom. The summed E-state index contributed by atoms with van der Waals surface area (Å²) < 4.78 is 0. The molecule has 1 aliphatic rings. The quantitative estimate of drug-likeness (QED) is 0.629. The molecule has 0 amide bonds. The van der Waals surface area contributed by atoms with E-state index in [1.165, 1.54) is 18.6 Å². The number of nitro groups is 1. The van der Waals surface area contributed by atoms with E-state index < -0.39 is 11.0 Å². The molecule has 0 bridgehead atoms. The molecule has 0 aromatic heterocycles. The topological polar surface area (TPSA) is 70.2 Å². The number of nitriles is 1. The Kier molecular flexibility index (Phi) is 4.35. The number of nitro benzene ring substituents is 1. The van der Waals surface area contributed by atoms with Gasteiger partial charge in [-0.1, -0.05) is 24.1 Å². The van der Waals surface area contributed by atoms with Crippen molar-refractivity contribution in [2.24, 2.45) is 0 Å². The van der Waals surface area contributed by atoms with Gasteiger partial charge in [0, 0.05) is 6.07 Å². The molecule has 1 aromatic rings. The van der Waals surface area contributed by atoms with Gasteiger partial charge in [0.15, 0.2) is 0 Å². The van der Waals surface area contributed by atoms with E-state index in [0.29, 0.717) is 5.56 Å². The molecule has 0 N–H and O–H groups in total. The van der Waals surface area contributed by atoms with Crippen LogP contribution in [0.4, 0.5) is 5.69 Å². The predicted molar refractivity (Wildman–Crippen MR) is 71.9 cm³/mol. The zero-order valence-corrected chi connectivity index (χ0v) is 11.1. The number of halogens is 1. The van der Waals surface area contributed by atoms with Crippen LogP contribution >= 0.6 is 11.6 Å². The van der Waals surface area contributed by atoms with Crippen LogP contribution in [-0.2, 0) is 0 Å². The summed E-state index contributed by atoms with van der Waals surface area (Å²) in [7, 11) is 0. The third-order valence-corrected chi connectivity index (χ3v) is 3.68. The molecule has 0 spiro atoms. The second-order valence-corrected chi connectivity index (χ2v) is 5.00. The van der Waals surface area contributed by atoms with E-state index in [2.05, 4.69) is 11.0 Å². The van der Waals surface area contributed by atoms with Crippen molar-refractivity contribution in [3.05, 3.63) is 38.9 Å². The van der Waals surface area contributed by atoms with Crippen molar-refractivity contribution in [3.63, 3.8) is 0 Å². The first-order valence-corrected chi connectivity index (χ1v) is 6.59. The summed E-state index contributed by atoms with van der Waals surface area (Å²) in [5.74, 6) is 0. The first-order valence-electron chi connectivity index (χ1n) is 6.21. The van der Waals surface area contributed by atoms with E-state index in [1.54, 1.807) is 6.07 Å². The van der Waals surface area contributed by atoms with Crippen molar-refractivity contribution in [2.75, 3.05) is 13.1 Å². The minimum atomic E-state index is -0.517. The summed E-state index contributed by atoms with van der Waals surface area (Å²) in [5.41, 5.74) is 0.497. The maximum Gasteiger partial charge on any atom is 0.288 e. The lowest BCUT2D eigenvalue weighted by atomic mass is 10.0. The molecule has 100 valence electrons. The molecular weight excluding hydrogens is 266 g/mol. The standard InChI is InChI=1S/C13H14ClN3O2/c14-11-5-4-10(8-12(11)17(18)19)13(9-15)16-6-2-1-3-7-16/h4-5,8,13H,1-3,6-7H2. The third-order valence-electron chi connectivity index (χ3n) is 3.36. The van der Waals surface area contributed by atoms with Crippen LogP contribution in [0.25, 0.3) is 0 Å². The number of rotatable bonds is 3. The molecule has 1 atom stereocenters. The van der Waals surface area contributed by atoms with E-state index in [-0.39, 0.29) is 10.7 Å². The highest BCUT2D eigenvalue weighted by Crippen LogP contribution is 2.30. The number of hydrogen-bond donors (Lipinski definition) is 0. The van der Waals surface area contributed by atoms with E-state index in [1.807, 2.05) is 0 Å². The van der Waals surface area contributed by atoms with E-state index in [4.69, 9.17) is 11.6 Å². The Labute approximate surface area is 116 Å². The minimum absolute atomic E-state index is 0.101. The Morgan fingerprint density at radius 1 is 1.37 bits per heavy atom. The molecule has 5 nitrogen and oxygen atoms in total. The van der Waals surface area contributed by atoms with Gasteiger partial charge in [-0.3, -0.25) is 15.0 Å². The molecule has 1 unspecified atom stereocenters. The van der Waals surface area contributed by atoms with Crippen molar-refractivity contribution in [1.82, 2.24) is 4.90 Å². The van der Waals surface area contributed by atoms with Crippen LogP contribution in [0.15, 0.2) is 18.2 Å². The summed E-state index contributed by atoms with van der Waals surface area (Å²) >= 11 is 5.79. The number of benzene rings is 1. The molecule has 1 fully saturated rings. The average molecular weight is 280 g/mol. The van der Waals surface area contributed by atoms with Crippen LogP contribution in [0, 0.1) is 21.4 Å². The second kappa shape index (κ2) is 6.00. The molecular formula is C13H14ClN3O2. The summed E-state index contributed by atoms with van der Waals surface area (Å²) in [6, 6.07) is 6.39. The Hall–Kier alpha value is -1.64. The number of piperidine rings is 1. The molecule has 1 heterocycles. The van der Waals surface area contributed by atoms with E-state index in [0.717, 1.165) is 25.9 Å². The fourth-order valence-corrected chi connectivity index (χ4v) is 2.57. The van der Waals surface area contributed by atoms with Crippen LogP contribution in [0.2, 0.25) is 5.02 Å². The number of nitrogens with zero attached hydrogens (tertiary/aromatic N) is 3. The maximum atomic E-state index is 10.9. The normalized spacial score (nSPS) is 17.7. The van der Waals surface area contributed by atoms with E-state index in [9.17, 15) is 15.4 Å². The Bertz CT molecular complexity index is 521. The van der Waals surface area contributed by atoms with Crippen molar-refractivity contribution >= 4 is 17.3 Å².